The maximum atomic E-state index is 3.94. The summed E-state index contributed by atoms with van der Waals surface area (Å²) in [6.45, 7) is 5.39. The molecule has 1 spiro atoms. The second-order valence-corrected chi connectivity index (χ2v) is 7.97. The minimum atomic E-state index is 0.494. The van der Waals surface area contributed by atoms with Gasteiger partial charge in [0.2, 0.25) is 0 Å². The molecule has 4 rings (SSSR count). The van der Waals surface area contributed by atoms with Gasteiger partial charge in [-0.3, -0.25) is 0 Å². The van der Waals surface area contributed by atoms with Crippen molar-refractivity contribution in [2.24, 2.45) is 11.3 Å². The summed E-state index contributed by atoms with van der Waals surface area (Å²) in [6, 6.07) is 0. The fourth-order valence-corrected chi connectivity index (χ4v) is 4.91. The lowest BCUT2D eigenvalue weighted by Crippen LogP contribution is -2.53. The van der Waals surface area contributed by atoms with Gasteiger partial charge in [0.1, 0.15) is 0 Å². The van der Waals surface area contributed by atoms with Gasteiger partial charge in [0.05, 0.1) is 0 Å². The van der Waals surface area contributed by atoms with Gasteiger partial charge in [-0.1, -0.05) is 19.3 Å². The summed E-state index contributed by atoms with van der Waals surface area (Å²) in [5, 5.41) is 3.94. The molecule has 1 N–H and O–H groups in total. The van der Waals surface area contributed by atoms with Crippen LogP contribution in [-0.4, -0.2) is 36.6 Å². The normalized spacial score (nSPS) is 34.1. The molecule has 0 amide bonds. The molecule has 2 nitrogen and oxygen atoms in total. The van der Waals surface area contributed by atoms with Crippen LogP contribution in [0.1, 0.15) is 64.2 Å². The lowest BCUT2D eigenvalue weighted by atomic mass is 9.81. The molecule has 0 unspecified atom stereocenters. The first kappa shape index (κ1) is 12.6. The molecule has 0 radical (unpaired) electrons. The lowest BCUT2D eigenvalue weighted by Gasteiger charge is -2.41. The van der Waals surface area contributed by atoms with Crippen molar-refractivity contribution in [1.29, 1.82) is 0 Å². The molecular weight excluding hydrogens is 232 g/mol. The van der Waals surface area contributed by atoms with Crippen LogP contribution in [-0.2, 0) is 0 Å². The Kier molecular flexibility index (Phi) is 3.15. The van der Waals surface area contributed by atoms with E-state index in [9.17, 15) is 0 Å². The molecule has 4 fully saturated rings. The Labute approximate surface area is 118 Å². The van der Waals surface area contributed by atoms with Crippen LogP contribution in [0.25, 0.3) is 0 Å². The van der Waals surface area contributed by atoms with Crippen molar-refractivity contribution in [3.05, 3.63) is 0 Å². The van der Waals surface area contributed by atoms with E-state index < -0.39 is 0 Å². The summed E-state index contributed by atoms with van der Waals surface area (Å²) in [5.41, 5.74) is 1.29. The molecule has 2 heteroatoms. The number of rotatable bonds is 3. The second-order valence-electron chi connectivity index (χ2n) is 7.97. The third kappa shape index (κ3) is 2.58. The van der Waals surface area contributed by atoms with E-state index in [1.807, 2.05) is 0 Å². The highest BCUT2D eigenvalue weighted by atomic mass is 15.2. The molecule has 1 heterocycles. The quantitative estimate of drug-likeness (QED) is 0.840. The minimum Gasteiger partial charge on any atom is -0.310 e. The van der Waals surface area contributed by atoms with Crippen molar-refractivity contribution in [3.8, 4) is 0 Å². The smallest absolute Gasteiger partial charge is 0.0308 e. The third-order valence-corrected chi connectivity index (χ3v) is 6.36. The predicted molar refractivity (Wildman–Crippen MR) is 79.3 cm³/mol. The van der Waals surface area contributed by atoms with Crippen LogP contribution in [0.5, 0.6) is 0 Å². The Morgan fingerprint density at radius 1 is 0.947 bits per heavy atom. The number of nitrogens with one attached hydrogen (secondary N) is 1. The van der Waals surface area contributed by atoms with E-state index in [0.717, 1.165) is 11.3 Å². The summed E-state index contributed by atoms with van der Waals surface area (Å²) in [4.78, 5) is 2.86. The number of hydrogen-bond acceptors (Lipinski definition) is 2. The summed E-state index contributed by atoms with van der Waals surface area (Å²) in [7, 11) is 0. The molecule has 0 atom stereocenters. The van der Waals surface area contributed by atoms with E-state index >= 15 is 0 Å². The molecule has 0 bridgehead atoms. The first-order valence-electron chi connectivity index (χ1n) is 8.78. The van der Waals surface area contributed by atoms with Crippen LogP contribution in [0.2, 0.25) is 0 Å². The number of hydrogen-bond donors (Lipinski definition) is 1. The summed E-state index contributed by atoms with van der Waals surface area (Å²) in [5.74, 6) is 1.12. The average molecular weight is 262 g/mol. The molecule has 0 aromatic carbocycles. The molecule has 3 aliphatic carbocycles. The fraction of sp³-hybridized carbons (Fsp3) is 1.00. The van der Waals surface area contributed by atoms with E-state index in [1.165, 1.54) is 90.4 Å². The van der Waals surface area contributed by atoms with Crippen LogP contribution in [0.4, 0.5) is 0 Å². The summed E-state index contributed by atoms with van der Waals surface area (Å²) < 4.78 is 0. The molecule has 1 aliphatic heterocycles. The van der Waals surface area contributed by atoms with Gasteiger partial charge < -0.3 is 10.2 Å². The van der Waals surface area contributed by atoms with Crippen molar-refractivity contribution in [3.63, 3.8) is 0 Å². The molecule has 19 heavy (non-hydrogen) atoms. The summed E-state index contributed by atoms with van der Waals surface area (Å²) >= 11 is 0. The monoisotopic (exact) mass is 262 g/mol. The van der Waals surface area contributed by atoms with E-state index in [-0.39, 0.29) is 0 Å². The average Bonchev–Trinajstić information content (AvgIpc) is 3.27. The molecule has 0 aromatic heterocycles. The SMILES string of the molecule is C1CCC2(CC1)CN(CC1(C3CC3)CC1)CCCN2. The zero-order chi connectivity index (χ0) is 12.8. The standard InChI is InChI=1S/C17H30N2/c1-2-7-17(8-3-1)14-19(12-4-11-18-17)13-16(9-10-16)15-5-6-15/h15,18H,1-14H2. The van der Waals surface area contributed by atoms with Crippen molar-refractivity contribution >= 4 is 0 Å². The van der Waals surface area contributed by atoms with E-state index in [4.69, 9.17) is 0 Å². The lowest BCUT2D eigenvalue weighted by molar-refractivity contribution is 0.138. The van der Waals surface area contributed by atoms with Crippen molar-refractivity contribution in [1.82, 2.24) is 10.2 Å². The highest BCUT2D eigenvalue weighted by Gasteiger charge is 2.54. The zero-order valence-electron chi connectivity index (χ0n) is 12.4. The van der Waals surface area contributed by atoms with Gasteiger partial charge in [0.25, 0.3) is 0 Å². The Morgan fingerprint density at radius 3 is 2.42 bits per heavy atom. The van der Waals surface area contributed by atoms with E-state index in [2.05, 4.69) is 10.2 Å². The molecule has 0 aromatic rings. The highest BCUT2D eigenvalue weighted by molar-refractivity contribution is 5.06. The molecule has 3 saturated carbocycles. The van der Waals surface area contributed by atoms with Crippen LogP contribution in [0.15, 0.2) is 0 Å². The van der Waals surface area contributed by atoms with Crippen molar-refractivity contribution in [2.45, 2.75) is 69.7 Å². The van der Waals surface area contributed by atoms with Crippen molar-refractivity contribution < 1.29 is 0 Å². The number of nitrogens with zero attached hydrogens (tertiary/aromatic N) is 1. The predicted octanol–water partition coefficient (Wildman–Crippen LogP) is 3.17. The molecular formula is C17H30N2. The Bertz CT molecular complexity index is 324. The van der Waals surface area contributed by atoms with Gasteiger partial charge in [-0.15, -0.1) is 0 Å². The van der Waals surface area contributed by atoms with Gasteiger partial charge in [-0.05, 0) is 69.4 Å². The first-order chi connectivity index (χ1) is 9.30. The van der Waals surface area contributed by atoms with Crippen LogP contribution in [0, 0.1) is 11.3 Å². The maximum absolute atomic E-state index is 3.94. The van der Waals surface area contributed by atoms with Gasteiger partial charge in [-0.2, -0.15) is 0 Å². The van der Waals surface area contributed by atoms with Crippen LogP contribution < -0.4 is 5.32 Å². The Balaban J connectivity index is 1.42. The molecule has 4 aliphatic rings. The minimum absolute atomic E-state index is 0.494. The van der Waals surface area contributed by atoms with Gasteiger partial charge >= 0.3 is 0 Å². The van der Waals surface area contributed by atoms with E-state index in [0.29, 0.717) is 5.54 Å². The Hall–Kier alpha value is -0.0800. The van der Waals surface area contributed by atoms with Crippen LogP contribution in [0.3, 0.4) is 0 Å². The van der Waals surface area contributed by atoms with Crippen molar-refractivity contribution in [2.75, 3.05) is 26.2 Å². The topological polar surface area (TPSA) is 15.3 Å². The van der Waals surface area contributed by atoms with Gasteiger partial charge in [0, 0.05) is 18.6 Å². The Morgan fingerprint density at radius 2 is 1.74 bits per heavy atom. The maximum Gasteiger partial charge on any atom is 0.0308 e. The third-order valence-electron chi connectivity index (χ3n) is 6.36. The fourth-order valence-electron chi connectivity index (χ4n) is 4.91. The first-order valence-corrected chi connectivity index (χ1v) is 8.78. The zero-order valence-corrected chi connectivity index (χ0v) is 12.4. The largest absolute Gasteiger partial charge is 0.310 e. The highest BCUT2D eigenvalue weighted by Crippen LogP contribution is 2.61. The van der Waals surface area contributed by atoms with Gasteiger partial charge in [-0.25, -0.2) is 0 Å². The van der Waals surface area contributed by atoms with E-state index in [1.54, 1.807) is 0 Å². The molecule has 108 valence electrons. The van der Waals surface area contributed by atoms with Gasteiger partial charge in [0.15, 0.2) is 0 Å². The summed E-state index contributed by atoms with van der Waals surface area (Å²) in [6.07, 6.45) is 14.7. The molecule has 1 saturated heterocycles. The van der Waals surface area contributed by atoms with Crippen LogP contribution >= 0.6 is 0 Å². The second kappa shape index (κ2) is 4.73.